The summed E-state index contributed by atoms with van der Waals surface area (Å²) in [5.74, 6) is 1.38. The van der Waals surface area contributed by atoms with Crippen LogP contribution < -0.4 is 0 Å². The van der Waals surface area contributed by atoms with E-state index < -0.39 is 0 Å². The van der Waals surface area contributed by atoms with Crippen LogP contribution in [0, 0.1) is 13.8 Å². The molecule has 0 spiro atoms. The van der Waals surface area contributed by atoms with Gasteiger partial charge in [0, 0.05) is 31.6 Å². The number of piperidine rings is 1. The molecule has 0 radical (unpaired) electrons. The molecule has 6 heteroatoms. The molecule has 0 N–H and O–H groups in total. The smallest absolute Gasteiger partial charge is 0.272 e. The summed E-state index contributed by atoms with van der Waals surface area (Å²) in [5.41, 5.74) is 1.35. The van der Waals surface area contributed by atoms with E-state index >= 15 is 0 Å². The Bertz CT molecular complexity index is 653. The van der Waals surface area contributed by atoms with Crippen molar-refractivity contribution in [1.29, 1.82) is 0 Å². The van der Waals surface area contributed by atoms with Crippen molar-refractivity contribution in [2.45, 2.75) is 32.6 Å². The second kappa shape index (κ2) is 5.63. The highest BCUT2D eigenvalue weighted by Gasteiger charge is 2.28. The number of hydrogen-bond donors (Lipinski definition) is 0. The quantitative estimate of drug-likeness (QED) is 0.845. The van der Waals surface area contributed by atoms with Crippen LogP contribution in [0.2, 0.25) is 0 Å². The molecule has 2 aromatic heterocycles. The molecular formula is C15H18N4O2. The second-order valence-electron chi connectivity index (χ2n) is 5.43. The molecule has 1 aliphatic rings. The van der Waals surface area contributed by atoms with Crippen LogP contribution in [-0.4, -0.2) is 39.0 Å². The van der Waals surface area contributed by atoms with Gasteiger partial charge >= 0.3 is 0 Å². The number of rotatable bonds is 2. The van der Waals surface area contributed by atoms with Crippen molar-refractivity contribution in [3.05, 3.63) is 41.3 Å². The Labute approximate surface area is 123 Å². The number of amides is 1. The number of carbonyl (C=O) groups excluding carboxylic acids is 1. The number of likely N-dealkylation sites (tertiary alicyclic amines) is 1. The molecule has 1 atom stereocenters. The first-order valence-corrected chi connectivity index (χ1v) is 7.16. The van der Waals surface area contributed by atoms with Gasteiger partial charge in [-0.1, -0.05) is 11.2 Å². The largest absolute Gasteiger partial charge is 0.340 e. The van der Waals surface area contributed by atoms with Gasteiger partial charge in [0.15, 0.2) is 5.82 Å². The predicted molar refractivity (Wildman–Crippen MR) is 75.9 cm³/mol. The zero-order chi connectivity index (χ0) is 14.8. The SMILES string of the molecule is Cc1cccc(C(=O)N2CCC[C@@H](c3noc(C)n3)C2)n1. The highest BCUT2D eigenvalue weighted by atomic mass is 16.5. The summed E-state index contributed by atoms with van der Waals surface area (Å²) in [6, 6.07) is 5.51. The molecule has 0 unspecified atom stereocenters. The first kappa shape index (κ1) is 13.7. The lowest BCUT2D eigenvalue weighted by molar-refractivity contribution is 0.0697. The highest BCUT2D eigenvalue weighted by molar-refractivity contribution is 5.92. The van der Waals surface area contributed by atoms with Gasteiger partial charge in [-0.05, 0) is 31.9 Å². The Morgan fingerprint density at radius 3 is 2.90 bits per heavy atom. The minimum absolute atomic E-state index is 0.0244. The molecule has 0 saturated carbocycles. The minimum Gasteiger partial charge on any atom is -0.340 e. The van der Waals surface area contributed by atoms with Gasteiger partial charge in [0.25, 0.3) is 5.91 Å². The van der Waals surface area contributed by atoms with E-state index in [-0.39, 0.29) is 11.8 Å². The average molecular weight is 286 g/mol. The molecule has 1 aliphatic heterocycles. The van der Waals surface area contributed by atoms with Crippen LogP contribution in [0.5, 0.6) is 0 Å². The van der Waals surface area contributed by atoms with Gasteiger partial charge in [-0.25, -0.2) is 4.98 Å². The van der Waals surface area contributed by atoms with E-state index in [9.17, 15) is 4.79 Å². The molecule has 21 heavy (non-hydrogen) atoms. The van der Waals surface area contributed by atoms with E-state index in [1.165, 1.54) is 0 Å². The van der Waals surface area contributed by atoms with Gasteiger partial charge in [-0.3, -0.25) is 4.79 Å². The predicted octanol–water partition coefficient (Wildman–Crippen LogP) is 2.10. The Kier molecular flexibility index (Phi) is 3.68. The maximum Gasteiger partial charge on any atom is 0.272 e. The highest BCUT2D eigenvalue weighted by Crippen LogP contribution is 2.25. The van der Waals surface area contributed by atoms with Crippen molar-refractivity contribution in [3.63, 3.8) is 0 Å². The second-order valence-corrected chi connectivity index (χ2v) is 5.43. The molecule has 0 aromatic carbocycles. The Balaban J connectivity index is 1.75. The van der Waals surface area contributed by atoms with E-state index in [1.807, 2.05) is 24.0 Å². The summed E-state index contributed by atoms with van der Waals surface area (Å²) in [4.78, 5) is 23.0. The van der Waals surface area contributed by atoms with Gasteiger partial charge in [0.2, 0.25) is 5.89 Å². The number of hydrogen-bond acceptors (Lipinski definition) is 5. The molecule has 6 nitrogen and oxygen atoms in total. The van der Waals surface area contributed by atoms with Crippen LogP contribution in [0.1, 0.15) is 46.7 Å². The van der Waals surface area contributed by atoms with Crippen molar-refractivity contribution in [2.75, 3.05) is 13.1 Å². The molecule has 3 heterocycles. The maximum atomic E-state index is 12.5. The summed E-state index contributed by atoms with van der Waals surface area (Å²) in [6.45, 7) is 5.03. The van der Waals surface area contributed by atoms with Crippen molar-refractivity contribution < 1.29 is 9.32 Å². The number of aryl methyl sites for hydroxylation is 2. The van der Waals surface area contributed by atoms with Gasteiger partial charge in [0.1, 0.15) is 5.69 Å². The molecule has 1 amide bonds. The van der Waals surface area contributed by atoms with Crippen LogP contribution in [0.15, 0.2) is 22.7 Å². The summed E-state index contributed by atoms with van der Waals surface area (Å²) >= 11 is 0. The van der Waals surface area contributed by atoms with Crippen molar-refractivity contribution in [2.24, 2.45) is 0 Å². The zero-order valence-electron chi connectivity index (χ0n) is 12.2. The standard InChI is InChI=1S/C15H18N4O2/c1-10-5-3-7-13(16-10)15(20)19-8-4-6-12(9-19)14-17-11(2)21-18-14/h3,5,7,12H,4,6,8-9H2,1-2H3/t12-/m1/s1. The molecule has 2 aromatic rings. The van der Waals surface area contributed by atoms with Crippen LogP contribution in [0.25, 0.3) is 0 Å². The molecule has 1 saturated heterocycles. The first-order valence-electron chi connectivity index (χ1n) is 7.16. The van der Waals surface area contributed by atoms with E-state index in [0.717, 1.165) is 25.1 Å². The van der Waals surface area contributed by atoms with E-state index in [1.54, 1.807) is 13.0 Å². The Morgan fingerprint density at radius 1 is 1.33 bits per heavy atom. The molecule has 110 valence electrons. The fourth-order valence-electron chi connectivity index (χ4n) is 2.68. The molecule has 1 fully saturated rings. The number of aromatic nitrogens is 3. The summed E-state index contributed by atoms with van der Waals surface area (Å²) in [6.07, 6.45) is 1.92. The van der Waals surface area contributed by atoms with Crippen molar-refractivity contribution >= 4 is 5.91 Å². The fourth-order valence-corrected chi connectivity index (χ4v) is 2.68. The van der Waals surface area contributed by atoms with Gasteiger partial charge < -0.3 is 9.42 Å². The minimum atomic E-state index is -0.0244. The number of carbonyl (C=O) groups is 1. The van der Waals surface area contributed by atoms with Crippen molar-refractivity contribution in [3.8, 4) is 0 Å². The van der Waals surface area contributed by atoms with Crippen LogP contribution >= 0.6 is 0 Å². The summed E-state index contributed by atoms with van der Waals surface area (Å²) < 4.78 is 5.04. The molecule has 3 rings (SSSR count). The lowest BCUT2D eigenvalue weighted by atomic mass is 9.97. The van der Waals surface area contributed by atoms with Crippen LogP contribution in [0.3, 0.4) is 0 Å². The third-order valence-corrected chi connectivity index (χ3v) is 3.72. The molecule has 0 aliphatic carbocycles. The molecular weight excluding hydrogens is 268 g/mol. The number of pyridine rings is 1. The topological polar surface area (TPSA) is 72.1 Å². The van der Waals surface area contributed by atoms with Crippen molar-refractivity contribution in [1.82, 2.24) is 20.0 Å². The van der Waals surface area contributed by atoms with Crippen LogP contribution in [0.4, 0.5) is 0 Å². The monoisotopic (exact) mass is 286 g/mol. The maximum absolute atomic E-state index is 12.5. The lowest BCUT2D eigenvalue weighted by Crippen LogP contribution is -2.39. The Morgan fingerprint density at radius 2 is 2.19 bits per heavy atom. The normalized spacial score (nSPS) is 18.8. The van der Waals surface area contributed by atoms with Crippen LogP contribution in [-0.2, 0) is 0 Å². The van der Waals surface area contributed by atoms with Gasteiger partial charge in [-0.2, -0.15) is 4.98 Å². The summed E-state index contributed by atoms with van der Waals surface area (Å²) in [7, 11) is 0. The van der Waals surface area contributed by atoms with E-state index in [2.05, 4.69) is 15.1 Å². The lowest BCUT2D eigenvalue weighted by Gasteiger charge is -2.31. The Hall–Kier alpha value is -2.24. The average Bonchev–Trinajstić information content (AvgIpc) is 2.93. The fraction of sp³-hybridized carbons (Fsp3) is 0.467. The third-order valence-electron chi connectivity index (χ3n) is 3.72. The number of nitrogens with zero attached hydrogens (tertiary/aromatic N) is 4. The third kappa shape index (κ3) is 2.94. The summed E-state index contributed by atoms with van der Waals surface area (Å²) in [5, 5.41) is 3.98. The van der Waals surface area contributed by atoms with E-state index in [4.69, 9.17) is 4.52 Å². The zero-order valence-corrected chi connectivity index (χ0v) is 12.2. The van der Waals surface area contributed by atoms with E-state index in [0.29, 0.717) is 24.0 Å². The van der Waals surface area contributed by atoms with Gasteiger partial charge in [-0.15, -0.1) is 0 Å². The van der Waals surface area contributed by atoms with Gasteiger partial charge in [0.05, 0.1) is 0 Å². The first-order chi connectivity index (χ1) is 10.1. The molecule has 0 bridgehead atoms.